The van der Waals surface area contributed by atoms with Crippen molar-refractivity contribution in [3.8, 4) is 0 Å². The quantitative estimate of drug-likeness (QED) is 0.348. The van der Waals surface area contributed by atoms with E-state index in [-0.39, 0.29) is 0 Å². The molecule has 0 saturated heterocycles. The predicted molar refractivity (Wildman–Crippen MR) is 86.9 cm³/mol. The summed E-state index contributed by atoms with van der Waals surface area (Å²) >= 11 is 0. The zero-order chi connectivity index (χ0) is 14.9. The molecule has 114 valence electrons. The summed E-state index contributed by atoms with van der Waals surface area (Å²) in [5.41, 5.74) is 0. The van der Waals surface area contributed by atoms with E-state index in [0.717, 1.165) is 51.4 Å². The number of allylic oxidation sites excluding steroid dienone is 6. The van der Waals surface area contributed by atoms with Crippen molar-refractivity contribution in [3.05, 3.63) is 36.5 Å². The first-order valence-electron chi connectivity index (χ1n) is 7.94. The lowest BCUT2D eigenvalue weighted by molar-refractivity contribution is -0.137. The van der Waals surface area contributed by atoms with Gasteiger partial charge in [0, 0.05) is 6.42 Å². The summed E-state index contributed by atoms with van der Waals surface area (Å²) in [4.78, 5) is 10.3. The summed E-state index contributed by atoms with van der Waals surface area (Å²) in [7, 11) is 0. The van der Waals surface area contributed by atoms with Crippen molar-refractivity contribution in [3.63, 3.8) is 0 Å². The van der Waals surface area contributed by atoms with Crippen LogP contribution in [0.5, 0.6) is 0 Å². The summed E-state index contributed by atoms with van der Waals surface area (Å²) in [6.07, 6.45) is 23.4. The number of carboxylic acids is 1. The van der Waals surface area contributed by atoms with Crippen molar-refractivity contribution in [1.82, 2.24) is 0 Å². The largest absolute Gasteiger partial charge is 0.481 e. The van der Waals surface area contributed by atoms with Crippen molar-refractivity contribution in [1.29, 1.82) is 0 Å². The third-order valence-electron chi connectivity index (χ3n) is 3.02. The Labute approximate surface area is 124 Å². The van der Waals surface area contributed by atoms with Crippen LogP contribution in [0, 0.1) is 0 Å². The number of hydrogen-bond donors (Lipinski definition) is 1. The van der Waals surface area contributed by atoms with Crippen molar-refractivity contribution < 1.29 is 9.90 Å². The van der Waals surface area contributed by atoms with E-state index >= 15 is 0 Å². The van der Waals surface area contributed by atoms with Crippen LogP contribution in [-0.4, -0.2) is 11.1 Å². The van der Waals surface area contributed by atoms with Crippen LogP contribution in [-0.2, 0) is 4.79 Å². The van der Waals surface area contributed by atoms with E-state index in [9.17, 15) is 4.79 Å². The van der Waals surface area contributed by atoms with Gasteiger partial charge in [0.1, 0.15) is 0 Å². The standard InChI is InChI=1S/C18H30O2/c1-2-3-4-5-6-7-8-9-10-11-12-13-14-15-16-17-18(19)20/h3-4,6-7,10-11H,2,5,8-9,12-17H2,1H3,(H,19,20)/b4-3-,7-6-,11-10-. The molecule has 0 spiro atoms. The van der Waals surface area contributed by atoms with Gasteiger partial charge in [-0.3, -0.25) is 4.79 Å². The lowest BCUT2D eigenvalue weighted by Gasteiger charge is -1.96. The van der Waals surface area contributed by atoms with E-state index < -0.39 is 5.97 Å². The maximum atomic E-state index is 10.3. The molecule has 0 radical (unpaired) electrons. The number of unbranched alkanes of at least 4 members (excludes halogenated alkanes) is 5. The maximum absolute atomic E-state index is 10.3. The number of hydrogen-bond acceptors (Lipinski definition) is 1. The minimum Gasteiger partial charge on any atom is -0.481 e. The maximum Gasteiger partial charge on any atom is 0.303 e. The molecule has 0 amide bonds. The van der Waals surface area contributed by atoms with Gasteiger partial charge in [0.15, 0.2) is 0 Å². The Balaban J connectivity index is 3.24. The molecular weight excluding hydrogens is 248 g/mol. The molecule has 0 aliphatic carbocycles. The van der Waals surface area contributed by atoms with Crippen LogP contribution in [0.2, 0.25) is 0 Å². The Hall–Kier alpha value is -1.31. The lowest BCUT2D eigenvalue weighted by Crippen LogP contribution is -1.93. The topological polar surface area (TPSA) is 37.3 Å². The summed E-state index contributed by atoms with van der Waals surface area (Å²) in [6.45, 7) is 2.15. The smallest absolute Gasteiger partial charge is 0.303 e. The van der Waals surface area contributed by atoms with Crippen LogP contribution in [0.15, 0.2) is 36.5 Å². The average molecular weight is 278 g/mol. The zero-order valence-electron chi connectivity index (χ0n) is 12.9. The van der Waals surface area contributed by atoms with E-state index in [2.05, 4.69) is 43.4 Å². The fraction of sp³-hybridized carbons (Fsp3) is 0.611. The van der Waals surface area contributed by atoms with Crippen molar-refractivity contribution in [2.24, 2.45) is 0 Å². The molecule has 0 aliphatic heterocycles. The number of aliphatic carboxylic acids is 1. The highest BCUT2D eigenvalue weighted by molar-refractivity contribution is 5.66. The summed E-state index contributed by atoms with van der Waals surface area (Å²) in [6, 6.07) is 0. The SMILES string of the molecule is CC/C=C\C/C=C\CC/C=C\CCCCCCC(=O)O. The van der Waals surface area contributed by atoms with Gasteiger partial charge in [-0.1, -0.05) is 56.2 Å². The monoisotopic (exact) mass is 278 g/mol. The molecule has 2 nitrogen and oxygen atoms in total. The van der Waals surface area contributed by atoms with Gasteiger partial charge in [0.2, 0.25) is 0 Å². The lowest BCUT2D eigenvalue weighted by atomic mass is 10.1. The molecule has 0 aliphatic rings. The van der Waals surface area contributed by atoms with Gasteiger partial charge in [0.05, 0.1) is 0 Å². The van der Waals surface area contributed by atoms with Crippen molar-refractivity contribution in [2.75, 3.05) is 0 Å². The third-order valence-corrected chi connectivity index (χ3v) is 3.02. The van der Waals surface area contributed by atoms with Crippen LogP contribution < -0.4 is 0 Å². The molecule has 20 heavy (non-hydrogen) atoms. The third kappa shape index (κ3) is 16.7. The second-order valence-corrected chi connectivity index (χ2v) is 4.98. The fourth-order valence-electron chi connectivity index (χ4n) is 1.88. The van der Waals surface area contributed by atoms with Gasteiger partial charge in [-0.25, -0.2) is 0 Å². The summed E-state index contributed by atoms with van der Waals surface area (Å²) in [5, 5.41) is 8.50. The number of carboxylic acid groups (broad SMARTS) is 1. The average Bonchev–Trinajstić information content (AvgIpc) is 2.43. The first-order chi connectivity index (χ1) is 9.77. The molecule has 0 unspecified atom stereocenters. The Kier molecular flexibility index (Phi) is 14.7. The fourth-order valence-corrected chi connectivity index (χ4v) is 1.88. The highest BCUT2D eigenvalue weighted by atomic mass is 16.4. The Morgan fingerprint density at radius 2 is 1.40 bits per heavy atom. The van der Waals surface area contributed by atoms with E-state index in [1.165, 1.54) is 6.42 Å². The van der Waals surface area contributed by atoms with E-state index in [0.29, 0.717) is 6.42 Å². The Morgan fingerprint density at radius 1 is 0.800 bits per heavy atom. The van der Waals surface area contributed by atoms with Crippen LogP contribution in [0.4, 0.5) is 0 Å². The first-order valence-corrected chi connectivity index (χ1v) is 7.94. The van der Waals surface area contributed by atoms with Crippen molar-refractivity contribution in [2.45, 2.75) is 71.1 Å². The van der Waals surface area contributed by atoms with E-state index in [1.807, 2.05) is 0 Å². The molecule has 0 aromatic rings. The van der Waals surface area contributed by atoms with Gasteiger partial charge in [-0.2, -0.15) is 0 Å². The summed E-state index contributed by atoms with van der Waals surface area (Å²) < 4.78 is 0. The van der Waals surface area contributed by atoms with Crippen molar-refractivity contribution >= 4 is 5.97 Å². The second kappa shape index (κ2) is 15.7. The van der Waals surface area contributed by atoms with Gasteiger partial charge >= 0.3 is 5.97 Å². The molecule has 0 saturated carbocycles. The van der Waals surface area contributed by atoms with E-state index in [4.69, 9.17) is 5.11 Å². The molecule has 0 fully saturated rings. The van der Waals surface area contributed by atoms with Crippen LogP contribution >= 0.6 is 0 Å². The number of rotatable bonds is 13. The minimum absolute atomic E-state index is 0.315. The van der Waals surface area contributed by atoms with Gasteiger partial charge in [0.25, 0.3) is 0 Å². The normalized spacial score (nSPS) is 12.1. The number of carbonyl (C=O) groups is 1. The van der Waals surface area contributed by atoms with Crippen LogP contribution in [0.3, 0.4) is 0 Å². The summed E-state index contributed by atoms with van der Waals surface area (Å²) in [5.74, 6) is -0.678. The molecule has 1 N–H and O–H groups in total. The highest BCUT2D eigenvalue weighted by Crippen LogP contribution is 2.06. The van der Waals surface area contributed by atoms with Crippen LogP contribution in [0.25, 0.3) is 0 Å². The molecule has 0 bridgehead atoms. The second-order valence-electron chi connectivity index (χ2n) is 4.98. The van der Waals surface area contributed by atoms with E-state index in [1.54, 1.807) is 0 Å². The van der Waals surface area contributed by atoms with Crippen LogP contribution in [0.1, 0.15) is 71.1 Å². The Morgan fingerprint density at radius 3 is 2.10 bits per heavy atom. The molecular formula is C18H30O2. The minimum atomic E-state index is -0.678. The zero-order valence-corrected chi connectivity index (χ0v) is 12.9. The molecule has 0 aromatic carbocycles. The first kappa shape index (κ1) is 18.7. The molecule has 0 rings (SSSR count). The molecule has 0 aromatic heterocycles. The molecule has 0 atom stereocenters. The van der Waals surface area contributed by atoms with Gasteiger partial charge in [-0.05, 0) is 44.9 Å². The molecule has 0 heterocycles. The highest BCUT2D eigenvalue weighted by Gasteiger charge is 1.95. The van der Waals surface area contributed by atoms with Gasteiger partial charge < -0.3 is 5.11 Å². The Bertz CT molecular complexity index is 301. The molecule has 2 heteroatoms. The predicted octanol–water partition coefficient (Wildman–Crippen LogP) is 5.66. The van der Waals surface area contributed by atoms with Gasteiger partial charge in [-0.15, -0.1) is 0 Å².